The van der Waals surface area contributed by atoms with Crippen LogP contribution in [-0.4, -0.2) is 35.0 Å². The van der Waals surface area contributed by atoms with Crippen LogP contribution in [0.25, 0.3) is 0 Å². The predicted octanol–water partition coefficient (Wildman–Crippen LogP) is 5.36. The number of benzene rings is 3. The van der Waals surface area contributed by atoms with Crippen LogP contribution in [0.1, 0.15) is 22.8 Å². The van der Waals surface area contributed by atoms with E-state index in [1.807, 2.05) is 71.6 Å². The van der Waals surface area contributed by atoms with Crippen LogP contribution >= 0.6 is 23.4 Å². The van der Waals surface area contributed by atoms with Crippen LogP contribution in [0.4, 0.5) is 0 Å². The molecule has 2 aliphatic heterocycles. The van der Waals surface area contributed by atoms with Crippen molar-refractivity contribution < 1.29 is 9.53 Å². The van der Waals surface area contributed by atoms with Crippen molar-refractivity contribution in [3.8, 4) is 0 Å². The van der Waals surface area contributed by atoms with Gasteiger partial charge in [-0.1, -0.05) is 60.1 Å². The van der Waals surface area contributed by atoms with Crippen LogP contribution in [0.15, 0.2) is 88.8 Å². The van der Waals surface area contributed by atoms with Gasteiger partial charge in [0.2, 0.25) is 5.90 Å². The Kier molecular flexibility index (Phi) is 5.70. The highest BCUT2D eigenvalue weighted by Crippen LogP contribution is 2.40. The van der Waals surface area contributed by atoms with Gasteiger partial charge in [-0.3, -0.25) is 4.79 Å². The Bertz CT molecular complexity index is 1120. The molecule has 4 nitrogen and oxygen atoms in total. The van der Waals surface area contributed by atoms with Gasteiger partial charge in [-0.25, -0.2) is 4.99 Å². The molecular weight excluding hydrogens is 428 g/mol. The first-order valence-electron chi connectivity index (χ1n) is 10.2. The van der Waals surface area contributed by atoms with Crippen LogP contribution < -0.4 is 0 Å². The monoisotopic (exact) mass is 448 g/mol. The molecular formula is C25H21ClN2O2S. The lowest BCUT2D eigenvalue weighted by Gasteiger charge is -2.22. The van der Waals surface area contributed by atoms with Gasteiger partial charge in [0.15, 0.2) is 12.1 Å². The molecule has 0 bridgehead atoms. The summed E-state index contributed by atoms with van der Waals surface area (Å²) in [6, 6.07) is 25.1. The fourth-order valence-electron chi connectivity index (χ4n) is 4.02. The molecule has 2 unspecified atom stereocenters. The summed E-state index contributed by atoms with van der Waals surface area (Å²) in [5.74, 6) is 1.28. The smallest absolute Gasteiger partial charge is 0.252 e. The minimum atomic E-state index is -0.627. The average molecular weight is 449 g/mol. The van der Waals surface area contributed by atoms with Crippen molar-refractivity contribution in [3.05, 3.63) is 101 Å². The average Bonchev–Trinajstić information content (AvgIpc) is 3.20. The molecule has 5 rings (SSSR count). The molecule has 156 valence electrons. The van der Waals surface area contributed by atoms with E-state index in [2.05, 4.69) is 12.1 Å². The standard InChI is InChI=1S/C25H21ClN2O2S/c26-20-13-7-10-18-16-28(14-15-31-19-11-5-2-6-12-19)25(29)22-23(21(18)20)30-24(27-22)17-8-3-1-4-9-17/h1-13,22-23H,14-16H2. The highest BCUT2D eigenvalue weighted by molar-refractivity contribution is 7.99. The van der Waals surface area contributed by atoms with Gasteiger partial charge in [0, 0.05) is 39.9 Å². The molecule has 2 heterocycles. The third kappa shape index (κ3) is 4.08. The van der Waals surface area contributed by atoms with E-state index in [1.54, 1.807) is 11.8 Å². The summed E-state index contributed by atoms with van der Waals surface area (Å²) in [6.45, 7) is 1.14. The maximum atomic E-state index is 13.5. The van der Waals surface area contributed by atoms with Crippen LogP contribution in [0.3, 0.4) is 0 Å². The minimum Gasteiger partial charge on any atom is -0.466 e. The van der Waals surface area contributed by atoms with Gasteiger partial charge in [-0.05, 0) is 35.9 Å². The predicted molar refractivity (Wildman–Crippen MR) is 125 cm³/mol. The fourth-order valence-corrected chi connectivity index (χ4v) is 5.22. The molecule has 0 saturated carbocycles. The number of fused-ring (bicyclic) bond motifs is 3. The number of carbonyl (C=O) groups is 1. The van der Waals surface area contributed by atoms with E-state index in [0.717, 1.165) is 22.4 Å². The number of halogens is 1. The minimum absolute atomic E-state index is 0.0168. The number of nitrogens with zero attached hydrogens (tertiary/aromatic N) is 2. The maximum absolute atomic E-state index is 13.5. The SMILES string of the molecule is O=C1C2N=C(c3ccccc3)OC2c2c(Cl)cccc2CN1CCSc1ccccc1. The largest absolute Gasteiger partial charge is 0.466 e. The number of amides is 1. The fraction of sp³-hybridized carbons (Fsp3) is 0.200. The molecule has 3 aromatic carbocycles. The number of hydrogen-bond acceptors (Lipinski definition) is 4. The Morgan fingerprint density at radius 1 is 1.00 bits per heavy atom. The zero-order chi connectivity index (χ0) is 21.2. The molecule has 0 aliphatic carbocycles. The van der Waals surface area contributed by atoms with Crippen molar-refractivity contribution in [2.45, 2.75) is 23.6 Å². The molecule has 31 heavy (non-hydrogen) atoms. The third-order valence-electron chi connectivity index (χ3n) is 5.53. The van der Waals surface area contributed by atoms with E-state index >= 15 is 0 Å². The molecule has 1 amide bonds. The second-order valence-electron chi connectivity index (χ2n) is 7.52. The Labute approximate surface area is 190 Å². The van der Waals surface area contributed by atoms with Crippen molar-refractivity contribution in [1.82, 2.24) is 4.90 Å². The van der Waals surface area contributed by atoms with Crippen LogP contribution in [0.2, 0.25) is 5.02 Å². The van der Waals surface area contributed by atoms with Gasteiger partial charge in [0.05, 0.1) is 0 Å². The lowest BCUT2D eigenvalue weighted by molar-refractivity contribution is -0.133. The Morgan fingerprint density at radius 3 is 2.52 bits per heavy atom. The Morgan fingerprint density at radius 2 is 1.74 bits per heavy atom. The first-order chi connectivity index (χ1) is 15.2. The summed E-state index contributed by atoms with van der Waals surface area (Å²) in [7, 11) is 0. The number of aliphatic imine (C=N–C) groups is 1. The lowest BCUT2D eigenvalue weighted by atomic mass is 9.99. The summed E-state index contributed by atoms with van der Waals surface area (Å²) < 4.78 is 6.24. The van der Waals surface area contributed by atoms with Gasteiger partial charge in [-0.2, -0.15) is 0 Å². The van der Waals surface area contributed by atoms with Crippen LogP contribution in [0, 0.1) is 0 Å². The number of carbonyl (C=O) groups excluding carboxylic acids is 1. The van der Waals surface area contributed by atoms with E-state index in [4.69, 9.17) is 21.3 Å². The first-order valence-corrected chi connectivity index (χ1v) is 11.6. The van der Waals surface area contributed by atoms with Gasteiger partial charge in [0.25, 0.3) is 5.91 Å². The molecule has 0 fully saturated rings. The maximum Gasteiger partial charge on any atom is 0.252 e. The van der Waals surface area contributed by atoms with E-state index in [9.17, 15) is 4.79 Å². The van der Waals surface area contributed by atoms with Gasteiger partial charge < -0.3 is 9.64 Å². The summed E-state index contributed by atoms with van der Waals surface area (Å²) in [4.78, 5) is 21.3. The third-order valence-corrected chi connectivity index (χ3v) is 6.85. The van der Waals surface area contributed by atoms with Gasteiger partial charge >= 0.3 is 0 Å². The molecule has 0 aromatic heterocycles. The number of rotatable bonds is 5. The summed E-state index contributed by atoms with van der Waals surface area (Å²) >= 11 is 8.33. The van der Waals surface area contributed by atoms with Crippen LogP contribution in [-0.2, 0) is 16.1 Å². The van der Waals surface area contributed by atoms with Gasteiger partial charge in [0.1, 0.15) is 0 Å². The quantitative estimate of drug-likeness (QED) is 0.493. The number of thioether (sulfide) groups is 1. The normalized spacial score (nSPS) is 19.8. The molecule has 0 radical (unpaired) electrons. The molecule has 0 spiro atoms. The second kappa shape index (κ2) is 8.77. The zero-order valence-corrected chi connectivity index (χ0v) is 18.4. The Hall–Kier alpha value is -2.76. The zero-order valence-electron chi connectivity index (χ0n) is 16.8. The molecule has 3 aromatic rings. The molecule has 2 atom stereocenters. The topological polar surface area (TPSA) is 41.9 Å². The Balaban J connectivity index is 1.44. The number of ether oxygens (including phenoxy) is 1. The first kappa shape index (κ1) is 20.2. The van der Waals surface area contributed by atoms with E-state index in [0.29, 0.717) is 24.0 Å². The highest BCUT2D eigenvalue weighted by atomic mass is 35.5. The second-order valence-corrected chi connectivity index (χ2v) is 9.09. The van der Waals surface area contributed by atoms with Crippen LogP contribution in [0.5, 0.6) is 0 Å². The van der Waals surface area contributed by atoms with Crippen molar-refractivity contribution in [1.29, 1.82) is 0 Å². The molecule has 0 saturated heterocycles. The summed E-state index contributed by atoms with van der Waals surface area (Å²) in [6.07, 6.45) is -0.502. The van der Waals surface area contributed by atoms with E-state index in [-0.39, 0.29) is 5.91 Å². The molecule has 0 N–H and O–H groups in total. The van der Waals surface area contributed by atoms with Crippen molar-refractivity contribution in [3.63, 3.8) is 0 Å². The van der Waals surface area contributed by atoms with Gasteiger partial charge in [-0.15, -0.1) is 11.8 Å². The van der Waals surface area contributed by atoms with Crippen molar-refractivity contribution in [2.75, 3.05) is 12.3 Å². The van der Waals surface area contributed by atoms with E-state index < -0.39 is 12.1 Å². The van der Waals surface area contributed by atoms with Crippen molar-refractivity contribution >= 4 is 35.2 Å². The highest BCUT2D eigenvalue weighted by Gasteiger charge is 2.44. The van der Waals surface area contributed by atoms with E-state index in [1.165, 1.54) is 4.90 Å². The summed E-state index contributed by atoms with van der Waals surface area (Å²) in [5, 5.41) is 0.616. The lowest BCUT2D eigenvalue weighted by Crippen LogP contribution is -2.38. The summed E-state index contributed by atoms with van der Waals surface area (Å²) in [5.41, 5.74) is 2.75. The number of hydrogen-bond donors (Lipinski definition) is 0. The molecule has 6 heteroatoms. The van der Waals surface area contributed by atoms with Crippen molar-refractivity contribution in [2.24, 2.45) is 4.99 Å². The molecule has 2 aliphatic rings.